The van der Waals surface area contributed by atoms with Crippen LogP contribution < -0.4 is 11.1 Å². The third kappa shape index (κ3) is 5.90. The molecule has 0 fully saturated rings. The standard InChI is InChI=1S/C13H19N3O4S.ClH/c1-8(2)10-5-4-9(6-11(10)21(3,18)19)7-20-13(17)16-12(14)15;/h4-6,8H,7H2,1-3H3,(H4,14,15,16,17);1H. The molecular formula is C13H20ClN3O4S. The fourth-order valence-electron chi connectivity index (χ4n) is 1.76. The number of carbonyl (C=O) groups is 1. The normalized spacial score (nSPS) is 10.7. The van der Waals surface area contributed by atoms with E-state index < -0.39 is 21.9 Å². The molecule has 9 heteroatoms. The highest BCUT2D eigenvalue weighted by molar-refractivity contribution is 7.90. The van der Waals surface area contributed by atoms with Crippen molar-refractivity contribution >= 4 is 34.3 Å². The van der Waals surface area contributed by atoms with Crippen molar-refractivity contribution in [3.8, 4) is 0 Å². The lowest BCUT2D eigenvalue weighted by molar-refractivity contribution is 0.145. The van der Waals surface area contributed by atoms with E-state index in [1.165, 1.54) is 6.07 Å². The first-order valence-corrected chi connectivity index (χ1v) is 8.11. The number of nitrogens with two attached hydrogens (primary N) is 1. The summed E-state index contributed by atoms with van der Waals surface area (Å²) in [5.74, 6) is -0.460. The second-order valence-corrected chi connectivity index (χ2v) is 6.90. The molecule has 4 N–H and O–H groups in total. The number of sulfone groups is 1. The lowest BCUT2D eigenvalue weighted by Crippen LogP contribution is -2.35. The summed E-state index contributed by atoms with van der Waals surface area (Å²) in [7, 11) is -3.37. The minimum absolute atomic E-state index is 0. The third-order valence-corrected chi connectivity index (χ3v) is 3.86. The van der Waals surface area contributed by atoms with Gasteiger partial charge in [-0.3, -0.25) is 10.7 Å². The molecule has 1 amide bonds. The van der Waals surface area contributed by atoms with Gasteiger partial charge in [0.05, 0.1) is 4.90 Å². The Labute approximate surface area is 136 Å². The van der Waals surface area contributed by atoms with E-state index in [-0.39, 0.29) is 29.8 Å². The number of hydrogen-bond acceptors (Lipinski definition) is 5. The molecule has 7 nitrogen and oxygen atoms in total. The van der Waals surface area contributed by atoms with Gasteiger partial charge in [-0.1, -0.05) is 26.0 Å². The molecule has 0 aliphatic heterocycles. The van der Waals surface area contributed by atoms with Gasteiger partial charge in [0.25, 0.3) is 0 Å². The molecular weight excluding hydrogens is 330 g/mol. The molecule has 1 aromatic rings. The van der Waals surface area contributed by atoms with Crippen LogP contribution in [0.5, 0.6) is 0 Å². The Morgan fingerprint density at radius 3 is 2.45 bits per heavy atom. The molecule has 0 saturated carbocycles. The average Bonchev–Trinajstić information content (AvgIpc) is 2.34. The van der Waals surface area contributed by atoms with Crippen LogP contribution in [0.15, 0.2) is 23.1 Å². The Morgan fingerprint density at radius 1 is 1.41 bits per heavy atom. The van der Waals surface area contributed by atoms with Gasteiger partial charge >= 0.3 is 6.09 Å². The number of hydrogen-bond donors (Lipinski definition) is 3. The van der Waals surface area contributed by atoms with E-state index in [4.69, 9.17) is 15.9 Å². The highest BCUT2D eigenvalue weighted by Crippen LogP contribution is 2.25. The minimum atomic E-state index is -3.37. The Morgan fingerprint density at radius 2 is 2.00 bits per heavy atom. The topological polar surface area (TPSA) is 122 Å². The first kappa shape index (κ1) is 20.2. The van der Waals surface area contributed by atoms with E-state index >= 15 is 0 Å². The number of benzene rings is 1. The van der Waals surface area contributed by atoms with Gasteiger partial charge in [-0.2, -0.15) is 0 Å². The summed E-state index contributed by atoms with van der Waals surface area (Å²) in [6, 6.07) is 4.90. The second-order valence-electron chi connectivity index (χ2n) is 4.91. The maximum absolute atomic E-state index is 11.8. The van der Waals surface area contributed by atoms with Gasteiger partial charge in [0.2, 0.25) is 0 Å². The van der Waals surface area contributed by atoms with Crippen molar-refractivity contribution in [2.75, 3.05) is 6.26 Å². The maximum Gasteiger partial charge on any atom is 0.414 e. The van der Waals surface area contributed by atoms with E-state index in [0.29, 0.717) is 5.56 Å². The first-order chi connectivity index (χ1) is 9.61. The van der Waals surface area contributed by atoms with Gasteiger partial charge in [-0.05, 0) is 23.1 Å². The number of carbonyl (C=O) groups excluding carboxylic acids is 1. The van der Waals surface area contributed by atoms with Crippen LogP contribution in [0.2, 0.25) is 0 Å². The van der Waals surface area contributed by atoms with Crippen LogP contribution in [-0.4, -0.2) is 26.7 Å². The lowest BCUT2D eigenvalue weighted by atomic mass is 10.0. The van der Waals surface area contributed by atoms with Crippen molar-refractivity contribution in [1.29, 1.82) is 5.41 Å². The molecule has 0 saturated heterocycles. The summed E-state index contributed by atoms with van der Waals surface area (Å²) in [5.41, 5.74) is 6.25. The van der Waals surface area contributed by atoms with Gasteiger partial charge in [0.15, 0.2) is 15.8 Å². The van der Waals surface area contributed by atoms with E-state index in [1.54, 1.807) is 12.1 Å². The summed E-state index contributed by atoms with van der Waals surface area (Å²) < 4.78 is 28.5. The first-order valence-electron chi connectivity index (χ1n) is 6.22. The van der Waals surface area contributed by atoms with E-state index in [2.05, 4.69) is 0 Å². The number of ether oxygens (including phenoxy) is 1. The van der Waals surface area contributed by atoms with Crippen LogP contribution in [0.1, 0.15) is 30.9 Å². The minimum Gasteiger partial charge on any atom is -0.444 e. The van der Waals surface area contributed by atoms with Crippen molar-refractivity contribution in [2.24, 2.45) is 5.73 Å². The van der Waals surface area contributed by atoms with Crippen molar-refractivity contribution < 1.29 is 17.9 Å². The lowest BCUT2D eigenvalue weighted by Gasteiger charge is -2.13. The van der Waals surface area contributed by atoms with Gasteiger partial charge < -0.3 is 10.5 Å². The van der Waals surface area contributed by atoms with Crippen LogP contribution >= 0.6 is 12.4 Å². The largest absolute Gasteiger partial charge is 0.444 e. The summed E-state index contributed by atoms with van der Waals surface area (Å²) in [4.78, 5) is 11.4. The molecule has 0 unspecified atom stereocenters. The monoisotopic (exact) mass is 349 g/mol. The highest BCUT2D eigenvalue weighted by atomic mass is 35.5. The van der Waals surface area contributed by atoms with Crippen molar-refractivity contribution in [3.63, 3.8) is 0 Å². The smallest absolute Gasteiger partial charge is 0.414 e. The van der Waals surface area contributed by atoms with E-state index in [0.717, 1.165) is 11.8 Å². The molecule has 0 bridgehead atoms. The van der Waals surface area contributed by atoms with Crippen LogP contribution in [0.4, 0.5) is 4.79 Å². The Hall–Kier alpha value is -1.80. The summed E-state index contributed by atoms with van der Waals surface area (Å²) in [5, 5.41) is 8.85. The molecule has 124 valence electrons. The SMILES string of the molecule is CC(C)c1ccc(COC(=O)NC(=N)N)cc1S(C)(=O)=O.Cl. The average molecular weight is 350 g/mol. The molecule has 0 radical (unpaired) electrons. The van der Waals surface area contributed by atoms with Crippen LogP contribution in [0.25, 0.3) is 0 Å². The van der Waals surface area contributed by atoms with Gasteiger partial charge in [-0.25, -0.2) is 13.2 Å². The summed E-state index contributed by atoms with van der Waals surface area (Å²) >= 11 is 0. The van der Waals surface area contributed by atoms with Crippen molar-refractivity contribution in [1.82, 2.24) is 5.32 Å². The number of halogens is 1. The van der Waals surface area contributed by atoms with Crippen LogP contribution in [-0.2, 0) is 21.2 Å². The number of amides is 1. The zero-order valence-corrected chi connectivity index (χ0v) is 14.2. The molecule has 0 aromatic heterocycles. The molecule has 1 rings (SSSR count). The molecule has 22 heavy (non-hydrogen) atoms. The van der Waals surface area contributed by atoms with Gasteiger partial charge in [-0.15, -0.1) is 12.4 Å². The van der Waals surface area contributed by atoms with E-state index in [9.17, 15) is 13.2 Å². The van der Waals surface area contributed by atoms with Crippen molar-refractivity contribution in [2.45, 2.75) is 31.3 Å². The molecule has 0 aliphatic rings. The maximum atomic E-state index is 11.8. The molecule has 0 heterocycles. The van der Waals surface area contributed by atoms with Crippen molar-refractivity contribution in [3.05, 3.63) is 29.3 Å². The number of guanidine groups is 1. The number of nitrogens with one attached hydrogen (secondary N) is 2. The molecule has 0 aliphatic carbocycles. The zero-order chi connectivity index (χ0) is 16.2. The fraction of sp³-hybridized carbons (Fsp3) is 0.385. The third-order valence-electron chi connectivity index (χ3n) is 2.71. The Kier molecular flexibility index (Phi) is 7.34. The molecule has 0 atom stereocenters. The number of rotatable bonds is 4. The summed E-state index contributed by atoms with van der Waals surface area (Å²) in [6.07, 6.45) is 0.276. The highest BCUT2D eigenvalue weighted by Gasteiger charge is 2.16. The quantitative estimate of drug-likeness (QED) is 0.564. The van der Waals surface area contributed by atoms with Gasteiger partial charge in [0.1, 0.15) is 6.61 Å². The predicted molar refractivity (Wildman–Crippen MR) is 86.1 cm³/mol. The second kappa shape index (κ2) is 8.00. The zero-order valence-electron chi connectivity index (χ0n) is 12.5. The number of alkyl carbamates (subject to hydrolysis) is 1. The fourth-order valence-corrected chi connectivity index (χ4v) is 2.86. The van der Waals surface area contributed by atoms with Gasteiger partial charge in [0, 0.05) is 6.26 Å². The van der Waals surface area contributed by atoms with E-state index in [1.807, 2.05) is 19.2 Å². The molecule has 0 spiro atoms. The molecule has 1 aromatic carbocycles. The van der Waals surface area contributed by atoms with Crippen LogP contribution in [0, 0.1) is 5.41 Å². The van der Waals surface area contributed by atoms with Crippen LogP contribution in [0.3, 0.4) is 0 Å². The Bertz CT molecular complexity index is 659. The predicted octanol–water partition coefficient (Wildman–Crippen LogP) is 1.75. The Balaban J connectivity index is 0.00000441. The summed E-state index contributed by atoms with van der Waals surface area (Å²) in [6.45, 7) is 3.70.